The molecule has 29 heavy (non-hydrogen) atoms. The van der Waals surface area contributed by atoms with Gasteiger partial charge < -0.3 is 14.5 Å². The van der Waals surface area contributed by atoms with Crippen LogP contribution in [0.4, 0.5) is 11.6 Å². The zero-order chi connectivity index (χ0) is 19.8. The predicted octanol–water partition coefficient (Wildman–Crippen LogP) is 2.91. The van der Waals surface area contributed by atoms with Gasteiger partial charge in [-0.1, -0.05) is 30.0 Å². The normalized spacial score (nSPS) is 20.4. The Morgan fingerprint density at radius 2 is 1.97 bits per heavy atom. The van der Waals surface area contributed by atoms with Crippen molar-refractivity contribution in [3.05, 3.63) is 29.8 Å². The third kappa shape index (κ3) is 3.75. The molecule has 0 spiro atoms. The molecule has 1 saturated carbocycles. The van der Waals surface area contributed by atoms with Gasteiger partial charge in [0.05, 0.1) is 18.5 Å². The van der Waals surface area contributed by atoms with E-state index in [9.17, 15) is 4.79 Å². The number of benzene rings is 1. The minimum Gasteiger partial charge on any atom is -0.378 e. The zero-order valence-corrected chi connectivity index (χ0v) is 17.6. The van der Waals surface area contributed by atoms with E-state index in [1.807, 2.05) is 17.9 Å². The molecule has 1 aromatic carbocycles. The Bertz CT molecular complexity index is 891. The van der Waals surface area contributed by atoms with Gasteiger partial charge in [-0.2, -0.15) is 0 Å². The van der Waals surface area contributed by atoms with Crippen LogP contribution in [0, 0.1) is 0 Å². The summed E-state index contributed by atoms with van der Waals surface area (Å²) in [7, 11) is 0. The second kappa shape index (κ2) is 7.99. The SMILES string of the molecule is CC(Sc1nnc(N2CCOCC2)n1C1CC1)C(=O)N1CCCc2ccccc21. The summed E-state index contributed by atoms with van der Waals surface area (Å²) < 4.78 is 7.74. The minimum atomic E-state index is -0.208. The lowest BCUT2D eigenvalue weighted by Gasteiger charge is -2.31. The Balaban J connectivity index is 1.35. The van der Waals surface area contributed by atoms with Crippen LogP contribution in [-0.4, -0.2) is 58.8 Å². The van der Waals surface area contributed by atoms with Gasteiger partial charge in [0.2, 0.25) is 11.9 Å². The number of hydrogen-bond acceptors (Lipinski definition) is 6. The van der Waals surface area contributed by atoms with Crippen molar-refractivity contribution >= 4 is 29.3 Å². The Labute approximate surface area is 175 Å². The van der Waals surface area contributed by atoms with Crippen molar-refractivity contribution in [1.82, 2.24) is 14.8 Å². The minimum absolute atomic E-state index is 0.153. The van der Waals surface area contributed by atoms with Crippen LogP contribution in [0.25, 0.3) is 0 Å². The number of para-hydroxylation sites is 1. The van der Waals surface area contributed by atoms with Gasteiger partial charge in [0.25, 0.3) is 0 Å². The lowest BCUT2D eigenvalue weighted by Crippen LogP contribution is -2.40. The highest BCUT2D eigenvalue weighted by atomic mass is 32.2. The Kier molecular flexibility index (Phi) is 5.22. The smallest absolute Gasteiger partial charge is 0.240 e. The molecule has 7 nitrogen and oxygen atoms in total. The number of thioether (sulfide) groups is 1. The highest BCUT2D eigenvalue weighted by molar-refractivity contribution is 8.00. The van der Waals surface area contributed by atoms with E-state index in [1.54, 1.807) is 11.8 Å². The van der Waals surface area contributed by atoms with E-state index in [2.05, 4.69) is 37.9 Å². The zero-order valence-electron chi connectivity index (χ0n) is 16.8. The molecule has 8 heteroatoms. The number of aryl methyl sites for hydroxylation is 1. The number of amides is 1. The molecule has 1 saturated heterocycles. The molecule has 5 rings (SSSR count). The van der Waals surface area contributed by atoms with Crippen LogP contribution in [0.3, 0.4) is 0 Å². The number of carbonyl (C=O) groups excluding carboxylic acids is 1. The average molecular weight is 414 g/mol. The first-order valence-corrected chi connectivity index (χ1v) is 11.4. The van der Waals surface area contributed by atoms with Gasteiger partial charge in [0.1, 0.15) is 0 Å². The van der Waals surface area contributed by atoms with E-state index in [1.165, 1.54) is 5.56 Å². The van der Waals surface area contributed by atoms with E-state index >= 15 is 0 Å². The van der Waals surface area contributed by atoms with Crippen LogP contribution in [0.2, 0.25) is 0 Å². The fourth-order valence-electron chi connectivity index (χ4n) is 4.17. The lowest BCUT2D eigenvalue weighted by molar-refractivity contribution is -0.117. The molecule has 1 amide bonds. The first-order valence-electron chi connectivity index (χ1n) is 10.6. The molecule has 3 aliphatic rings. The highest BCUT2D eigenvalue weighted by Crippen LogP contribution is 2.42. The van der Waals surface area contributed by atoms with E-state index in [0.717, 1.165) is 75.3 Å². The van der Waals surface area contributed by atoms with Gasteiger partial charge in [-0.15, -0.1) is 10.2 Å². The van der Waals surface area contributed by atoms with Crippen molar-refractivity contribution in [2.24, 2.45) is 0 Å². The number of rotatable bonds is 5. The Hall–Kier alpha value is -2.06. The maximum Gasteiger partial charge on any atom is 0.240 e. The number of anilines is 2. The summed E-state index contributed by atoms with van der Waals surface area (Å²) in [5, 5.41) is 9.64. The summed E-state index contributed by atoms with van der Waals surface area (Å²) >= 11 is 1.54. The number of fused-ring (bicyclic) bond motifs is 1. The molecule has 2 fully saturated rings. The summed E-state index contributed by atoms with van der Waals surface area (Å²) in [5.41, 5.74) is 2.33. The van der Waals surface area contributed by atoms with Crippen molar-refractivity contribution < 1.29 is 9.53 Å². The molecule has 2 aromatic rings. The molecule has 3 heterocycles. The molecular formula is C21H27N5O2S. The van der Waals surface area contributed by atoms with Crippen molar-refractivity contribution in [2.75, 3.05) is 42.6 Å². The summed E-state index contributed by atoms with van der Waals surface area (Å²) in [5.74, 6) is 1.08. The van der Waals surface area contributed by atoms with Crippen LogP contribution in [0.1, 0.15) is 37.8 Å². The van der Waals surface area contributed by atoms with Crippen molar-refractivity contribution in [3.63, 3.8) is 0 Å². The Morgan fingerprint density at radius 3 is 2.76 bits per heavy atom. The third-order valence-electron chi connectivity index (χ3n) is 5.86. The molecule has 1 aliphatic carbocycles. The number of ether oxygens (including phenoxy) is 1. The van der Waals surface area contributed by atoms with E-state index in [-0.39, 0.29) is 11.2 Å². The number of aromatic nitrogens is 3. The fraction of sp³-hybridized carbons (Fsp3) is 0.571. The number of hydrogen-bond donors (Lipinski definition) is 0. The van der Waals surface area contributed by atoms with Crippen LogP contribution in [0.15, 0.2) is 29.4 Å². The topological polar surface area (TPSA) is 63.5 Å². The molecule has 0 bridgehead atoms. The van der Waals surface area contributed by atoms with Crippen molar-refractivity contribution in [2.45, 2.75) is 49.1 Å². The quantitative estimate of drug-likeness (QED) is 0.703. The standard InChI is InChI=1S/C21H27N5O2S/c1-15(19(27)25-10-4-6-16-5-2-3-7-18(16)25)29-21-23-22-20(26(21)17-8-9-17)24-11-13-28-14-12-24/h2-3,5,7,15,17H,4,6,8-14H2,1H3. The highest BCUT2D eigenvalue weighted by Gasteiger charge is 2.34. The van der Waals surface area contributed by atoms with Crippen molar-refractivity contribution in [3.8, 4) is 0 Å². The van der Waals surface area contributed by atoms with Gasteiger partial charge in [-0.25, -0.2) is 0 Å². The maximum absolute atomic E-state index is 13.3. The predicted molar refractivity (Wildman–Crippen MR) is 114 cm³/mol. The number of morpholine rings is 1. The van der Waals surface area contributed by atoms with Gasteiger partial charge in [-0.05, 0) is 44.2 Å². The van der Waals surface area contributed by atoms with Gasteiger partial charge in [0, 0.05) is 31.4 Å². The van der Waals surface area contributed by atoms with Gasteiger partial charge in [-0.3, -0.25) is 9.36 Å². The molecule has 154 valence electrons. The molecule has 0 N–H and O–H groups in total. The summed E-state index contributed by atoms with van der Waals surface area (Å²) in [4.78, 5) is 17.5. The largest absolute Gasteiger partial charge is 0.378 e. The van der Waals surface area contributed by atoms with E-state index in [4.69, 9.17) is 4.74 Å². The van der Waals surface area contributed by atoms with Crippen molar-refractivity contribution in [1.29, 1.82) is 0 Å². The number of nitrogens with zero attached hydrogens (tertiary/aromatic N) is 5. The summed E-state index contributed by atoms with van der Waals surface area (Å²) in [6.45, 7) is 5.91. The Morgan fingerprint density at radius 1 is 1.17 bits per heavy atom. The molecule has 1 aromatic heterocycles. The fourth-order valence-corrected chi connectivity index (χ4v) is 5.15. The van der Waals surface area contributed by atoms with Crippen LogP contribution in [0.5, 0.6) is 0 Å². The number of carbonyl (C=O) groups is 1. The molecule has 1 unspecified atom stereocenters. The second-order valence-electron chi connectivity index (χ2n) is 7.97. The summed E-state index contributed by atoms with van der Waals surface area (Å²) in [6.07, 6.45) is 4.37. The first kappa shape index (κ1) is 18.9. The maximum atomic E-state index is 13.3. The van der Waals surface area contributed by atoms with E-state index in [0.29, 0.717) is 6.04 Å². The molecule has 1 atom stereocenters. The third-order valence-corrected chi connectivity index (χ3v) is 6.90. The van der Waals surface area contributed by atoms with Crippen LogP contribution < -0.4 is 9.80 Å². The monoisotopic (exact) mass is 413 g/mol. The average Bonchev–Trinajstić information content (AvgIpc) is 3.53. The van der Waals surface area contributed by atoms with Crippen LogP contribution in [-0.2, 0) is 16.0 Å². The van der Waals surface area contributed by atoms with Gasteiger partial charge in [0.15, 0.2) is 5.16 Å². The van der Waals surface area contributed by atoms with E-state index < -0.39 is 0 Å². The molecular weight excluding hydrogens is 386 g/mol. The second-order valence-corrected chi connectivity index (χ2v) is 9.27. The lowest BCUT2D eigenvalue weighted by atomic mass is 10.0. The molecule has 2 aliphatic heterocycles. The summed E-state index contributed by atoms with van der Waals surface area (Å²) in [6, 6.07) is 8.72. The van der Waals surface area contributed by atoms with Gasteiger partial charge >= 0.3 is 0 Å². The molecule has 0 radical (unpaired) electrons. The first-order chi connectivity index (χ1) is 14.2. The van der Waals surface area contributed by atoms with Crippen LogP contribution >= 0.6 is 11.8 Å².